The second kappa shape index (κ2) is 8.12. The lowest BCUT2D eigenvalue weighted by Gasteiger charge is -2.29. The van der Waals surface area contributed by atoms with Gasteiger partial charge in [-0.2, -0.15) is 0 Å². The summed E-state index contributed by atoms with van der Waals surface area (Å²) in [6.07, 6.45) is 0.154. The van der Waals surface area contributed by atoms with Crippen LogP contribution in [0.5, 0.6) is 0 Å². The molecule has 8 heteroatoms. The van der Waals surface area contributed by atoms with Gasteiger partial charge in [-0.3, -0.25) is 9.59 Å². The predicted molar refractivity (Wildman–Crippen MR) is 111 cm³/mol. The van der Waals surface area contributed by atoms with Crippen molar-refractivity contribution in [3.05, 3.63) is 68.9 Å². The number of rotatable bonds is 4. The number of carbonyl (C=O) groups is 1. The van der Waals surface area contributed by atoms with E-state index in [-0.39, 0.29) is 17.9 Å². The summed E-state index contributed by atoms with van der Waals surface area (Å²) in [5.74, 6) is 0.363. The smallest absolute Gasteiger partial charge is 0.294 e. The molecule has 1 N–H and O–H groups in total. The summed E-state index contributed by atoms with van der Waals surface area (Å²) in [7, 11) is 0. The molecule has 1 aliphatic rings. The Morgan fingerprint density at radius 2 is 1.75 bits per heavy atom. The molecule has 3 aromatic rings. The molecule has 0 radical (unpaired) electrons. The van der Waals surface area contributed by atoms with Crippen LogP contribution in [0.1, 0.15) is 5.56 Å². The molecular weight excluding hydrogens is 424 g/mol. The number of benzene rings is 2. The molecule has 0 saturated carbocycles. The van der Waals surface area contributed by atoms with Crippen LogP contribution in [0.2, 0.25) is 0 Å². The van der Waals surface area contributed by atoms with Crippen LogP contribution in [0.15, 0.2) is 57.8 Å². The van der Waals surface area contributed by atoms with Crippen LogP contribution in [0, 0.1) is 0 Å². The average molecular weight is 443 g/mol. The predicted octanol–water partition coefficient (Wildman–Crippen LogP) is 2.31. The lowest BCUT2D eigenvalue weighted by atomic mass is 10.1. The molecule has 144 valence electrons. The molecule has 1 aliphatic heterocycles. The third kappa shape index (κ3) is 3.93. The largest absolute Gasteiger partial charge is 0.378 e. The van der Waals surface area contributed by atoms with Crippen molar-refractivity contribution in [2.24, 2.45) is 0 Å². The summed E-state index contributed by atoms with van der Waals surface area (Å²) in [4.78, 5) is 28.4. The maximum Gasteiger partial charge on any atom is 0.294 e. The summed E-state index contributed by atoms with van der Waals surface area (Å²) >= 11 is 3.37. The third-order valence-corrected chi connectivity index (χ3v) is 5.13. The molecule has 4 rings (SSSR count). The molecule has 0 bridgehead atoms. The van der Waals surface area contributed by atoms with Gasteiger partial charge in [0, 0.05) is 22.9 Å². The first kappa shape index (κ1) is 18.6. The highest BCUT2D eigenvalue weighted by Gasteiger charge is 2.19. The van der Waals surface area contributed by atoms with Gasteiger partial charge in [0.05, 0.1) is 25.0 Å². The summed E-state index contributed by atoms with van der Waals surface area (Å²) < 4.78 is 6.36. The number of carbonyl (C=O) groups excluding carboxylic acids is 1. The van der Waals surface area contributed by atoms with E-state index in [0.29, 0.717) is 37.5 Å². The third-order valence-electron chi connectivity index (χ3n) is 4.60. The molecule has 0 unspecified atom stereocenters. The Labute approximate surface area is 170 Å². The quantitative estimate of drug-likeness (QED) is 0.670. The van der Waals surface area contributed by atoms with E-state index in [9.17, 15) is 9.59 Å². The Morgan fingerprint density at radius 1 is 1.07 bits per heavy atom. The van der Waals surface area contributed by atoms with E-state index in [1.807, 2.05) is 36.4 Å². The number of nitrogens with one attached hydrogen (secondary N) is 1. The van der Waals surface area contributed by atoms with Crippen molar-refractivity contribution in [1.82, 2.24) is 9.89 Å². The van der Waals surface area contributed by atoms with Gasteiger partial charge in [-0.05, 0) is 23.8 Å². The summed E-state index contributed by atoms with van der Waals surface area (Å²) in [5.41, 5.74) is 3.13. The SMILES string of the molecule is O=C(Cc1ccc(Br)cc1)Nn1nc(N2CCOCC2)c2ccccc2c1=O. The van der Waals surface area contributed by atoms with Crippen molar-refractivity contribution >= 4 is 38.4 Å². The monoisotopic (exact) mass is 442 g/mol. The molecule has 0 spiro atoms. The Morgan fingerprint density at radius 3 is 2.46 bits per heavy atom. The minimum absolute atomic E-state index is 0.154. The Hall–Kier alpha value is -2.71. The van der Waals surface area contributed by atoms with E-state index in [1.54, 1.807) is 12.1 Å². The maximum atomic E-state index is 12.8. The minimum atomic E-state index is -0.350. The van der Waals surface area contributed by atoms with Crippen LogP contribution in [0.4, 0.5) is 5.82 Å². The minimum Gasteiger partial charge on any atom is -0.378 e. The van der Waals surface area contributed by atoms with E-state index in [0.717, 1.165) is 20.2 Å². The first-order valence-corrected chi connectivity index (χ1v) is 9.80. The molecule has 2 heterocycles. The van der Waals surface area contributed by atoms with Crippen LogP contribution in [0.25, 0.3) is 10.8 Å². The van der Waals surface area contributed by atoms with Gasteiger partial charge in [-0.25, -0.2) is 5.43 Å². The molecule has 28 heavy (non-hydrogen) atoms. The van der Waals surface area contributed by atoms with Gasteiger partial charge in [0.25, 0.3) is 5.56 Å². The first-order chi connectivity index (χ1) is 13.6. The number of hydrogen-bond donors (Lipinski definition) is 1. The standard InChI is InChI=1S/C20H19BrN4O3/c21-15-7-5-14(6-8-15)13-18(26)22-25-20(27)17-4-2-1-3-16(17)19(23-25)24-9-11-28-12-10-24/h1-8H,9-13H2,(H,22,26). The summed E-state index contributed by atoms with van der Waals surface area (Å²) in [6, 6.07) is 14.8. The number of halogens is 1. The molecule has 1 fully saturated rings. The second-order valence-electron chi connectivity index (χ2n) is 6.52. The summed E-state index contributed by atoms with van der Waals surface area (Å²) in [5, 5.41) is 5.74. The highest BCUT2D eigenvalue weighted by molar-refractivity contribution is 9.10. The number of nitrogens with zero attached hydrogens (tertiary/aromatic N) is 3. The number of amides is 1. The zero-order valence-electron chi connectivity index (χ0n) is 15.1. The van der Waals surface area contributed by atoms with E-state index < -0.39 is 0 Å². The second-order valence-corrected chi connectivity index (χ2v) is 7.44. The number of ether oxygens (including phenoxy) is 1. The Kier molecular flexibility index (Phi) is 5.40. The molecule has 1 saturated heterocycles. The molecule has 2 aromatic carbocycles. The van der Waals surface area contributed by atoms with Gasteiger partial charge >= 0.3 is 0 Å². The first-order valence-electron chi connectivity index (χ1n) is 9.01. The van der Waals surface area contributed by atoms with E-state index in [4.69, 9.17) is 4.74 Å². The van der Waals surface area contributed by atoms with Crippen molar-refractivity contribution in [3.8, 4) is 0 Å². The Bertz CT molecular complexity index is 1060. The fourth-order valence-electron chi connectivity index (χ4n) is 3.20. The molecular formula is C20H19BrN4O3. The molecule has 0 aliphatic carbocycles. The molecule has 1 amide bonds. The van der Waals surface area contributed by atoms with Crippen molar-refractivity contribution in [2.45, 2.75) is 6.42 Å². The lowest BCUT2D eigenvalue weighted by Crippen LogP contribution is -2.41. The lowest BCUT2D eigenvalue weighted by molar-refractivity contribution is -0.116. The van der Waals surface area contributed by atoms with Gasteiger partial charge in [-0.1, -0.05) is 46.3 Å². The van der Waals surface area contributed by atoms with Crippen LogP contribution in [-0.2, 0) is 16.0 Å². The van der Waals surface area contributed by atoms with Crippen molar-refractivity contribution < 1.29 is 9.53 Å². The number of aromatic nitrogens is 2. The molecule has 7 nitrogen and oxygen atoms in total. The zero-order valence-corrected chi connectivity index (χ0v) is 16.7. The van der Waals surface area contributed by atoms with Crippen molar-refractivity contribution in [2.75, 3.05) is 36.6 Å². The molecule has 1 aromatic heterocycles. The highest BCUT2D eigenvalue weighted by Crippen LogP contribution is 2.22. The van der Waals surface area contributed by atoms with Crippen molar-refractivity contribution in [3.63, 3.8) is 0 Å². The average Bonchev–Trinajstić information content (AvgIpc) is 2.72. The Balaban J connectivity index is 1.66. The fourth-order valence-corrected chi connectivity index (χ4v) is 3.47. The van der Waals surface area contributed by atoms with Crippen molar-refractivity contribution in [1.29, 1.82) is 0 Å². The van der Waals surface area contributed by atoms with E-state index >= 15 is 0 Å². The number of anilines is 1. The summed E-state index contributed by atoms with van der Waals surface area (Å²) in [6.45, 7) is 2.57. The van der Waals surface area contributed by atoms with Gasteiger partial charge in [0.15, 0.2) is 5.82 Å². The fraction of sp³-hybridized carbons (Fsp3) is 0.250. The van der Waals surface area contributed by atoms with Crippen LogP contribution >= 0.6 is 15.9 Å². The van der Waals surface area contributed by atoms with Gasteiger partial charge in [0.2, 0.25) is 5.91 Å². The van der Waals surface area contributed by atoms with Crippen LogP contribution < -0.4 is 15.9 Å². The number of hydrogen-bond acceptors (Lipinski definition) is 5. The highest BCUT2D eigenvalue weighted by atomic mass is 79.9. The number of fused-ring (bicyclic) bond motifs is 1. The normalized spacial score (nSPS) is 14.2. The van der Waals surface area contributed by atoms with E-state index in [1.165, 1.54) is 0 Å². The van der Waals surface area contributed by atoms with Crippen LogP contribution in [-0.4, -0.2) is 42.1 Å². The maximum absolute atomic E-state index is 12.8. The number of morpholine rings is 1. The molecule has 0 atom stereocenters. The van der Waals surface area contributed by atoms with E-state index in [2.05, 4.69) is 31.4 Å². The van der Waals surface area contributed by atoms with Crippen LogP contribution in [0.3, 0.4) is 0 Å². The topological polar surface area (TPSA) is 76.5 Å². The van der Waals surface area contributed by atoms with Gasteiger partial charge in [-0.15, -0.1) is 9.89 Å². The van der Waals surface area contributed by atoms with Gasteiger partial charge < -0.3 is 9.64 Å². The zero-order chi connectivity index (χ0) is 19.5. The van der Waals surface area contributed by atoms with Gasteiger partial charge in [0.1, 0.15) is 0 Å².